The molecule has 0 aliphatic carbocycles. The SMILES string of the molecule is CC(C)(C)c1cc2c3c(c1)N(c1ccccc1-c1ccccc1)c1cc(-c4cc(C#N)ccc4-n4c5ccccc5c5ccccc54)ccc1B3c1ccc(-n3c4ccccc4c4ccccc43)cc1S2. The Labute approximate surface area is 417 Å². The molecule has 0 fully saturated rings. The van der Waals surface area contributed by atoms with E-state index in [1.807, 2.05) is 17.8 Å². The lowest BCUT2D eigenvalue weighted by molar-refractivity contribution is 0.589. The van der Waals surface area contributed by atoms with E-state index in [4.69, 9.17) is 0 Å². The number of hydrogen-bond donors (Lipinski definition) is 0. The fraction of sp³-hybridized carbons (Fsp3) is 0.0615. The van der Waals surface area contributed by atoms with E-state index < -0.39 is 0 Å². The number of benzene rings is 10. The molecule has 0 saturated heterocycles. The Bertz CT molecular complexity index is 4120. The maximum Gasteiger partial charge on any atom is 0.249 e. The van der Waals surface area contributed by atoms with Gasteiger partial charge in [-0.2, -0.15) is 5.26 Å². The molecule has 0 saturated carbocycles. The van der Waals surface area contributed by atoms with E-state index in [9.17, 15) is 5.26 Å². The van der Waals surface area contributed by atoms with Crippen LogP contribution in [0.25, 0.3) is 77.2 Å². The zero-order valence-electron chi connectivity index (χ0n) is 39.6. The molecule has 0 bridgehead atoms. The van der Waals surface area contributed by atoms with Crippen LogP contribution in [0.15, 0.2) is 228 Å². The summed E-state index contributed by atoms with van der Waals surface area (Å²) >= 11 is 1.91. The summed E-state index contributed by atoms with van der Waals surface area (Å²) in [5.41, 5.74) is 20.3. The minimum absolute atomic E-state index is 0.0381. The summed E-state index contributed by atoms with van der Waals surface area (Å²) in [5, 5.41) is 15.4. The molecule has 0 unspecified atom stereocenters. The van der Waals surface area contributed by atoms with Crippen LogP contribution in [-0.4, -0.2) is 15.8 Å². The van der Waals surface area contributed by atoms with Crippen molar-refractivity contribution in [3.05, 3.63) is 230 Å². The van der Waals surface area contributed by atoms with Gasteiger partial charge >= 0.3 is 0 Å². The zero-order valence-corrected chi connectivity index (χ0v) is 40.4. The molecule has 2 aliphatic rings. The van der Waals surface area contributed by atoms with Crippen LogP contribution >= 0.6 is 11.8 Å². The largest absolute Gasteiger partial charge is 0.311 e. The molecular formula is C65H45BN4S. The number of fused-ring (bicyclic) bond motifs is 10. The number of aromatic nitrogens is 2. The fourth-order valence-electron chi connectivity index (χ4n) is 11.7. The lowest BCUT2D eigenvalue weighted by atomic mass is 9.34. The molecule has 2 aromatic heterocycles. The molecule has 10 aromatic carbocycles. The van der Waals surface area contributed by atoms with Crippen LogP contribution in [0, 0.1) is 11.3 Å². The molecule has 0 radical (unpaired) electrons. The van der Waals surface area contributed by atoms with Crippen LogP contribution in [0.1, 0.15) is 31.9 Å². The number of hydrogen-bond acceptors (Lipinski definition) is 3. The first-order valence-corrected chi connectivity index (χ1v) is 25.2. The second-order valence-electron chi connectivity index (χ2n) is 20.0. The van der Waals surface area contributed by atoms with Crippen molar-refractivity contribution in [3.8, 4) is 39.7 Å². The first-order chi connectivity index (χ1) is 34.8. The van der Waals surface area contributed by atoms with Gasteiger partial charge in [0.1, 0.15) is 0 Å². The smallest absolute Gasteiger partial charge is 0.249 e. The Morgan fingerprint density at radius 1 is 0.437 bits per heavy atom. The zero-order chi connectivity index (χ0) is 47.5. The third-order valence-corrected chi connectivity index (χ3v) is 16.1. The topological polar surface area (TPSA) is 36.9 Å². The molecule has 0 spiro atoms. The summed E-state index contributed by atoms with van der Waals surface area (Å²) in [7, 11) is 0. The highest BCUT2D eigenvalue weighted by molar-refractivity contribution is 8.00. The number of nitrogens with zero attached hydrogens (tertiary/aromatic N) is 4. The van der Waals surface area contributed by atoms with E-state index in [2.05, 4.69) is 253 Å². The van der Waals surface area contributed by atoms with Crippen LogP contribution in [0.2, 0.25) is 0 Å². The highest BCUT2D eigenvalue weighted by atomic mass is 32.2. The van der Waals surface area contributed by atoms with Gasteiger partial charge in [0, 0.05) is 59.5 Å². The molecule has 0 atom stereocenters. The van der Waals surface area contributed by atoms with Crippen molar-refractivity contribution in [3.63, 3.8) is 0 Å². The summed E-state index contributed by atoms with van der Waals surface area (Å²) < 4.78 is 4.81. The highest BCUT2D eigenvalue weighted by Gasteiger charge is 2.42. The maximum absolute atomic E-state index is 10.5. The summed E-state index contributed by atoms with van der Waals surface area (Å²) in [6.45, 7) is 6.95. The third-order valence-electron chi connectivity index (χ3n) is 15.0. The van der Waals surface area contributed by atoms with Gasteiger partial charge in [0.25, 0.3) is 0 Å². The van der Waals surface area contributed by atoms with Gasteiger partial charge in [-0.25, -0.2) is 0 Å². The van der Waals surface area contributed by atoms with Crippen molar-refractivity contribution in [2.75, 3.05) is 4.90 Å². The van der Waals surface area contributed by atoms with E-state index in [0.717, 1.165) is 56.0 Å². The quantitative estimate of drug-likeness (QED) is 0.161. The average Bonchev–Trinajstić information content (AvgIpc) is 3.93. The molecule has 334 valence electrons. The van der Waals surface area contributed by atoms with Gasteiger partial charge in [0.2, 0.25) is 6.71 Å². The van der Waals surface area contributed by atoms with Crippen molar-refractivity contribution in [2.24, 2.45) is 0 Å². The number of nitriles is 1. The van der Waals surface area contributed by atoms with Crippen molar-refractivity contribution in [2.45, 2.75) is 36.0 Å². The Kier molecular flexibility index (Phi) is 9.21. The second kappa shape index (κ2) is 15.8. The molecule has 0 amide bonds. The molecule has 4 nitrogen and oxygen atoms in total. The molecule has 0 N–H and O–H groups in total. The minimum Gasteiger partial charge on any atom is -0.311 e. The summed E-state index contributed by atoms with van der Waals surface area (Å²) in [6, 6.07) is 82.4. The third kappa shape index (κ3) is 6.33. The predicted molar refractivity (Wildman–Crippen MR) is 299 cm³/mol. The molecule has 6 heteroatoms. The Hall–Kier alpha value is -8.50. The van der Waals surface area contributed by atoms with E-state index in [1.54, 1.807) is 0 Å². The van der Waals surface area contributed by atoms with Gasteiger partial charge in [-0.3, -0.25) is 0 Å². The Balaban J connectivity index is 1.05. The van der Waals surface area contributed by atoms with Crippen molar-refractivity contribution >= 4 is 95.5 Å². The Morgan fingerprint density at radius 3 is 1.68 bits per heavy atom. The second-order valence-corrected chi connectivity index (χ2v) is 21.1. The van der Waals surface area contributed by atoms with Crippen LogP contribution in [0.3, 0.4) is 0 Å². The van der Waals surface area contributed by atoms with Crippen LogP contribution in [0.4, 0.5) is 17.1 Å². The maximum atomic E-state index is 10.5. The minimum atomic E-state index is -0.131. The van der Waals surface area contributed by atoms with Gasteiger partial charge in [-0.1, -0.05) is 178 Å². The van der Waals surface area contributed by atoms with Crippen molar-refractivity contribution in [1.82, 2.24) is 9.13 Å². The molecule has 14 rings (SSSR count). The number of rotatable bonds is 5. The summed E-state index contributed by atoms with van der Waals surface area (Å²) in [4.78, 5) is 5.11. The van der Waals surface area contributed by atoms with Gasteiger partial charge < -0.3 is 14.0 Å². The molecule has 4 heterocycles. The predicted octanol–water partition coefficient (Wildman–Crippen LogP) is 15.1. The van der Waals surface area contributed by atoms with Gasteiger partial charge in [0.15, 0.2) is 0 Å². The van der Waals surface area contributed by atoms with E-state index in [0.29, 0.717) is 5.56 Å². The van der Waals surface area contributed by atoms with Crippen LogP contribution in [0.5, 0.6) is 0 Å². The van der Waals surface area contributed by atoms with Crippen LogP contribution in [-0.2, 0) is 5.41 Å². The van der Waals surface area contributed by atoms with E-state index in [1.165, 1.54) is 70.0 Å². The molecule has 2 aliphatic heterocycles. The average molecular weight is 925 g/mol. The highest BCUT2D eigenvalue weighted by Crippen LogP contribution is 2.48. The summed E-state index contributed by atoms with van der Waals surface area (Å²) in [6.07, 6.45) is 0. The fourth-order valence-corrected chi connectivity index (χ4v) is 12.9. The lowest BCUT2D eigenvalue weighted by Gasteiger charge is -2.42. The monoisotopic (exact) mass is 924 g/mol. The van der Waals surface area contributed by atoms with E-state index >= 15 is 0 Å². The normalized spacial score (nSPS) is 12.9. The number of anilines is 3. The van der Waals surface area contributed by atoms with Crippen molar-refractivity contribution in [1.29, 1.82) is 5.26 Å². The van der Waals surface area contributed by atoms with Crippen molar-refractivity contribution < 1.29 is 0 Å². The standard InChI is InChI=1S/C65H45BN4S/c1-65(2,3)44-37-61-64-63(38-44)71-62-39-45(68-55-25-13-8-20-47(55)48-21-9-14-26-56(48)68)31-33-53(62)66(64)52-32-30-43(36-60(52)70(61)54-24-12-7-19-46(54)42-17-5-4-6-18-42)51-35-41(40-67)29-34-59(51)69-57-27-15-10-22-49(57)50-23-11-16-28-58(50)69/h4-39H,1-3H3. The molecule has 12 aromatic rings. The van der Waals surface area contributed by atoms with Crippen LogP contribution < -0.4 is 21.3 Å². The molecular weight excluding hydrogens is 880 g/mol. The van der Waals surface area contributed by atoms with Gasteiger partial charge in [-0.15, -0.1) is 0 Å². The van der Waals surface area contributed by atoms with Gasteiger partial charge in [-0.05, 0) is 112 Å². The lowest BCUT2D eigenvalue weighted by Crippen LogP contribution is -2.60. The first kappa shape index (κ1) is 41.5. The first-order valence-electron chi connectivity index (χ1n) is 24.4. The Morgan fingerprint density at radius 2 is 1.03 bits per heavy atom. The van der Waals surface area contributed by atoms with Gasteiger partial charge in [0.05, 0.1) is 45.1 Å². The summed E-state index contributed by atoms with van der Waals surface area (Å²) in [5.74, 6) is 0. The van der Waals surface area contributed by atoms with E-state index in [-0.39, 0.29) is 12.1 Å². The number of para-hydroxylation sites is 5. The molecule has 71 heavy (non-hydrogen) atoms.